The SMILES string of the molecule is CC(=O)c1cccc(Nc2ncnc(NC3CC(C)(C)NC(C)(C)C3)c2[N+](=O)[O-])c1. The van der Waals surface area contributed by atoms with Gasteiger partial charge < -0.3 is 16.0 Å². The lowest BCUT2D eigenvalue weighted by Crippen LogP contribution is -2.60. The second-order valence-electron chi connectivity index (χ2n) is 9.08. The molecule has 0 atom stereocenters. The van der Waals surface area contributed by atoms with Crippen LogP contribution in [0.2, 0.25) is 0 Å². The van der Waals surface area contributed by atoms with Crippen molar-refractivity contribution >= 4 is 28.8 Å². The van der Waals surface area contributed by atoms with Crippen LogP contribution in [0.5, 0.6) is 0 Å². The number of rotatable bonds is 6. The van der Waals surface area contributed by atoms with E-state index in [1.165, 1.54) is 13.3 Å². The number of anilines is 3. The Balaban J connectivity index is 1.91. The molecule has 1 aliphatic rings. The van der Waals surface area contributed by atoms with Crippen LogP contribution in [0.25, 0.3) is 0 Å². The molecule has 0 aliphatic carbocycles. The van der Waals surface area contributed by atoms with E-state index in [0.29, 0.717) is 11.3 Å². The Morgan fingerprint density at radius 3 is 2.40 bits per heavy atom. The third-order valence-electron chi connectivity index (χ3n) is 5.07. The number of hydrogen-bond acceptors (Lipinski definition) is 8. The van der Waals surface area contributed by atoms with Crippen molar-refractivity contribution in [3.05, 3.63) is 46.3 Å². The van der Waals surface area contributed by atoms with Crippen molar-refractivity contribution in [3.8, 4) is 0 Å². The Morgan fingerprint density at radius 2 is 1.80 bits per heavy atom. The van der Waals surface area contributed by atoms with E-state index in [1.807, 2.05) is 0 Å². The van der Waals surface area contributed by atoms with Gasteiger partial charge in [-0.25, -0.2) is 9.97 Å². The minimum absolute atomic E-state index is 0.0127. The van der Waals surface area contributed by atoms with Gasteiger partial charge in [-0.3, -0.25) is 14.9 Å². The quantitative estimate of drug-likeness (QED) is 0.369. The van der Waals surface area contributed by atoms with Crippen molar-refractivity contribution in [2.45, 2.75) is 64.6 Å². The van der Waals surface area contributed by atoms with E-state index in [1.54, 1.807) is 24.3 Å². The fourth-order valence-electron chi connectivity index (χ4n) is 4.32. The van der Waals surface area contributed by atoms with Crippen LogP contribution in [0.15, 0.2) is 30.6 Å². The minimum Gasteiger partial charge on any atom is -0.361 e. The summed E-state index contributed by atoms with van der Waals surface area (Å²) in [7, 11) is 0. The van der Waals surface area contributed by atoms with Crippen molar-refractivity contribution in [3.63, 3.8) is 0 Å². The summed E-state index contributed by atoms with van der Waals surface area (Å²) < 4.78 is 0. The van der Waals surface area contributed by atoms with Gasteiger partial charge in [-0.05, 0) is 59.6 Å². The number of aromatic nitrogens is 2. The highest BCUT2D eigenvalue weighted by molar-refractivity contribution is 5.95. The van der Waals surface area contributed by atoms with Gasteiger partial charge in [0.2, 0.25) is 11.6 Å². The molecule has 0 radical (unpaired) electrons. The van der Waals surface area contributed by atoms with Gasteiger partial charge in [-0.1, -0.05) is 12.1 Å². The Morgan fingerprint density at radius 1 is 1.17 bits per heavy atom. The Kier molecular flexibility index (Phi) is 5.76. The normalized spacial score (nSPS) is 17.9. The number of nitro groups is 1. The zero-order chi connectivity index (χ0) is 22.1. The lowest BCUT2D eigenvalue weighted by molar-refractivity contribution is -0.383. The van der Waals surface area contributed by atoms with Crippen molar-refractivity contribution in [2.75, 3.05) is 10.6 Å². The van der Waals surface area contributed by atoms with E-state index < -0.39 is 4.92 Å². The number of Topliss-reactive ketones (excluding diaryl/α,β-unsaturated/α-hetero) is 1. The number of nitrogens with zero attached hydrogens (tertiary/aromatic N) is 3. The number of piperidine rings is 1. The molecule has 160 valence electrons. The molecular formula is C21H28N6O3. The Hall–Kier alpha value is -3.07. The third kappa shape index (κ3) is 5.10. The number of nitrogens with one attached hydrogen (secondary N) is 3. The molecule has 0 saturated carbocycles. The molecule has 1 aromatic carbocycles. The predicted octanol–water partition coefficient (Wildman–Crippen LogP) is 4.05. The summed E-state index contributed by atoms with van der Waals surface area (Å²) in [5, 5.41) is 21.7. The van der Waals surface area contributed by atoms with Crippen molar-refractivity contribution in [2.24, 2.45) is 0 Å². The maximum absolute atomic E-state index is 11.9. The second-order valence-corrected chi connectivity index (χ2v) is 9.08. The zero-order valence-corrected chi connectivity index (χ0v) is 17.9. The Bertz CT molecular complexity index is 957. The van der Waals surface area contributed by atoms with Gasteiger partial charge in [0.15, 0.2) is 5.78 Å². The number of benzene rings is 1. The molecular weight excluding hydrogens is 384 g/mol. The van der Waals surface area contributed by atoms with Crippen LogP contribution >= 0.6 is 0 Å². The van der Waals surface area contributed by atoms with Gasteiger partial charge in [0, 0.05) is 28.4 Å². The third-order valence-corrected chi connectivity index (χ3v) is 5.07. The molecule has 9 nitrogen and oxygen atoms in total. The molecule has 3 rings (SSSR count). The van der Waals surface area contributed by atoms with Crippen LogP contribution in [0.1, 0.15) is 57.8 Å². The van der Waals surface area contributed by atoms with Gasteiger partial charge in [-0.15, -0.1) is 0 Å². The number of carbonyl (C=O) groups is 1. The number of carbonyl (C=O) groups excluding carboxylic acids is 1. The first kappa shape index (κ1) is 21.6. The fourth-order valence-corrected chi connectivity index (χ4v) is 4.32. The monoisotopic (exact) mass is 412 g/mol. The summed E-state index contributed by atoms with van der Waals surface area (Å²) in [4.78, 5) is 31.3. The lowest BCUT2D eigenvalue weighted by Gasteiger charge is -2.46. The highest BCUT2D eigenvalue weighted by Crippen LogP contribution is 2.35. The highest BCUT2D eigenvalue weighted by Gasteiger charge is 2.38. The molecule has 1 aromatic heterocycles. The molecule has 1 aliphatic heterocycles. The predicted molar refractivity (Wildman–Crippen MR) is 116 cm³/mol. The first-order chi connectivity index (χ1) is 14.0. The second kappa shape index (κ2) is 7.98. The average Bonchev–Trinajstić information content (AvgIpc) is 2.59. The fraction of sp³-hybridized carbons (Fsp3) is 0.476. The molecule has 3 N–H and O–H groups in total. The summed E-state index contributed by atoms with van der Waals surface area (Å²) in [5.41, 5.74) is 0.596. The average molecular weight is 412 g/mol. The first-order valence-corrected chi connectivity index (χ1v) is 9.89. The zero-order valence-electron chi connectivity index (χ0n) is 17.9. The molecule has 0 bridgehead atoms. The van der Waals surface area contributed by atoms with E-state index in [9.17, 15) is 14.9 Å². The van der Waals surface area contributed by atoms with Crippen molar-refractivity contribution in [1.82, 2.24) is 15.3 Å². The molecule has 1 fully saturated rings. The summed E-state index contributed by atoms with van der Waals surface area (Å²) >= 11 is 0. The molecule has 30 heavy (non-hydrogen) atoms. The number of ketones is 1. The smallest absolute Gasteiger partial charge is 0.353 e. The van der Waals surface area contributed by atoms with E-state index in [2.05, 4.69) is 53.6 Å². The van der Waals surface area contributed by atoms with E-state index in [4.69, 9.17) is 0 Å². The van der Waals surface area contributed by atoms with Gasteiger partial charge in [0.1, 0.15) is 6.33 Å². The first-order valence-electron chi connectivity index (χ1n) is 9.89. The van der Waals surface area contributed by atoms with E-state index >= 15 is 0 Å². The highest BCUT2D eigenvalue weighted by atomic mass is 16.6. The van der Waals surface area contributed by atoms with E-state index in [0.717, 1.165) is 12.8 Å². The molecule has 0 unspecified atom stereocenters. The van der Waals surface area contributed by atoms with Gasteiger partial charge in [-0.2, -0.15) is 0 Å². The summed E-state index contributed by atoms with van der Waals surface area (Å²) in [5.74, 6) is 0.165. The Labute approximate surface area is 175 Å². The van der Waals surface area contributed by atoms with Crippen molar-refractivity contribution < 1.29 is 9.72 Å². The van der Waals surface area contributed by atoms with Gasteiger partial charge in [0.25, 0.3) is 0 Å². The van der Waals surface area contributed by atoms with Crippen LogP contribution in [-0.4, -0.2) is 37.8 Å². The molecule has 9 heteroatoms. The van der Waals surface area contributed by atoms with E-state index in [-0.39, 0.29) is 40.2 Å². The van der Waals surface area contributed by atoms with Crippen molar-refractivity contribution in [1.29, 1.82) is 0 Å². The van der Waals surface area contributed by atoms with Crippen LogP contribution in [0.4, 0.5) is 23.0 Å². The molecule has 2 heterocycles. The molecule has 1 saturated heterocycles. The van der Waals surface area contributed by atoms with Crippen LogP contribution in [0.3, 0.4) is 0 Å². The molecule has 0 amide bonds. The summed E-state index contributed by atoms with van der Waals surface area (Å²) in [6.07, 6.45) is 2.88. The van der Waals surface area contributed by atoms with Gasteiger partial charge in [0.05, 0.1) is 4.92 Å². The number of hydrogen-bond donors (Lipinski definition) is 3. The maximum atomic E-state index is 11.9. The standard InChI is InChI=1S/C21H28N6O3/c1-13(28)14-7-6-8-15(9-14)24-18-17(27(29)30)19(23-12-22-18)25-16-10-20(2,3)26-21(4,5)11-16/h6-9,12,16,26H,10-11H2,1-5H3,(H2,22,23,24,25). The van der Waals surface area contributed by atoms with Crippen LogP contribution < -0.4 is 16.0 Å². The minimum atomic E-state index is -0.489. The largest absolute Gasteiger partial charge is 0.361 e. The lowest BCUT2D eigenvalue weighted by atomic mass is 9.79. The summed E-state index contributed by atoms with van der Waals surface area (Å²) in [6, 6.07) is 6.78. The molecule has 2 aromatic rings. The maximum Gasteiger partial charge on any atom is 0.353 e. The topological polar surface area (TPSA) is 122 Å². The van der Waals surface area contributed by atoms with Gasteiger partial charge >= 0.3 is 5.69 Å². The summed E-state index contributed by atoms with van der Waals surface area (Å²) in [6.45, 7) is 9.94. The van der Waals surface area contributed by atoms with Crippen LogP contribution in [-0.2, 0) is 0 Å². The molecule has 0 spiro atoms. The van der Waals surface area contributed by atoms with Crippen LogP contribution in [0, 0.1) is 10.1 Å².